The van der Waals surface area contributed by atoms with E-state index in [1.807, 2.05) is 12.1 Å². The van der Waals surface area contributed by atoms with Crippen molar-refractivity contribution in [3.63, 3.8) is 0 Å². The highest BCUT2D eigenvalue weighted by atomic mass is 35.5. The summed E-state index contributed by atoms with van der Waals surface area (Å²) < 4.78 is 23.5. The number of hydrogen-bond acceptors (Lipinski definition) is 4. The number of ether oxygens (including phenoxy) is 2. The monoisotopic (exact) mass is 420 g/mol. The maximum atomic E-state index is 13.3. The number of hydrogen-bond donors (Lipinski definition) is 2. The third-order valence-corrected chi connectivity index (χ3v) is 4.13. The van der Waals surface area contributed by atoms with E-state index < -0.39 is 5.82 Å². The van der Waals surface area contributed by atoms with Crippen LogP contribution in [-0.4, -0.2) is 32.1 Å². The van der Waals surface area contributed by atoms with Gasteiger partial charge < -0.3 is 20.1 Å². The van der Waals surface area contributed by atoms with Gasteiger partial charge in [0.25, 0.3) is 11.8 Å². The second-order valence-electron chi connectivity index (χ2n) is 6.15. The summed E-state index contributed by atoms with van der Waals surface area (Å²) in [7, 11) is 1.60. The third kappa shape index (κ3) is 7.56. The van der Waals surface area contributed by atoms with E-state index in [0.717, 1.165) is 11.6 Å². The van der Waals surface area contributed by atoms with Gasteiger partial charge in [-0.05, 0) is 29.8 Å². The van der Waals surface area contributed by atoms with Gasteiger partial charge >= 0.3 is 0 Å². The molecule has 0 aliphatic heterocycles. The quantitative estimate of drug-likeness (QED) is 0.617. The number of halogens is 2. The van der Waals surface area contributed by atoms with Crippen LogP contribution in [0.4, 0.5) is 4.39 Å². The minimum absolute atomic E-state index is 0.0201. The summed E-state index contributed by atoms with van der Waals surface area (Å²) in [6.07, 6.45) is 0.356. The van der Waals surface area contributed by atoms with E-state index in [0.29, 0.717) is 24.3 Å². The van der Waals surface area contributed by atoms with Crippen LogP contribution in [0.3, 0.4) is 0 Å². The molecular weight excluding hydrogens is 399 g/mol. The molecule has 0 saturated heterocycles. The predicted octanol–water partition coefficient (Wildman–Crippen LogP) is 3.45. The topological polar surface area (TPSA) is 76.7 Å². The summed E-state index contributed by atoms with van der Waals surface area (Å²) >= 11 is 5.58. The van der Waals surface area contributed by atoms with Crippen LogP contribution in [0.25, 0.3) is 0 Å². The summed E-state index contributed by atoms with van der Waals surface area (Å²) in [6.45, 7) is 4.26. The lowest BCUT2D eigenvalue weighted by atomic mass is 10.1. The molecule has 0 fully saturated rings. The molecule has 154 valence electrons. The van der Waals surface area contributed by atoms with E-state index in [2.05, 4.69) is 17.2 Å². The van der Waals surface area contributed by atoms with Crippen LogP contribution < -0.4 is 15.4 Å². The molecule has 0 saturated carbocycles. The first-order valence-electron chi connectivity index (χ1n) is 8.80. The fraction of sp³-hybridized carbons (Fsp3) is 0.238. The first kappa shape index (κ1) is 22.4. The summed E-state index contributed by atoms with van der Waals surface area (Å²) in [4.78, 5) is 24.0. The van der Waals surface area contributed by atoms with Crippen molar-refractivity contribution < 1.29 is 23.5 Å². The molecule has 6 nitrogen and oxygen atoms in total. The van der Waals surface area contributed by atoms with Crippen molar-refractivity contribution in [1.82, 2.24) is 10.6 Å². The van der Waals surface area contributed by atoms with Gasteiger partial charge in [0.15, 0.2) is 6.61 Å². The maximum Gasteiger partial charge on any atom is 0.257 e. The Kier molecular flexibility index (Phi) is 8.64. The standard InChI is InChI=1S/C21H22ClFN2O4/c1-14(25-21(27)16-5-3-15(4-6-16)12-28-2)9-10-24-20(26)13-29-17-7-8-18(22)19(23)11-17/h3-8,11H,1,9-10,12-13H2,2H3,(H,24,26)(H,25,27). The zero-order chi connectivity index (χ0) is 21.2. The second kappa shape index (κ2) is 11.2. The number of benzene rings is 2. The Morgan fingerprint density at radius 1 is 1.17 bits per heavy atom. The molecule has 0 bridgehead atoms. The van der Waals surface area contributed by atoms with E-state index in [4.69, 9.17) is 21.1 Å². The fourth-order valence-electron chi connectivity index (χ4n) is 2.33. The van der Waals surface area contributed by atoms with Gasteiger partial charge in [-0.2, -0.15) is 0 Å². The summed E-state index contributed by atoms with van der Waals surface area (Å²) in [5, 5.41) is 5.30. The van der Waals surface area contributed by atoms with Crippen LogP contribution in [0.5, 0.6) is 5.75 Å². The highest BCUT2D eigenvalue weighted by Gasteiger charge is 2.08. The van der Waals surface area contributed by atoms with Gasteiger partial charge in [-0.3, -0.25) is 9.59 Å². The molecular formula is C21H22ClFN2O4. The minimum atomic E-state index is -0.620. The largest absolute Gasteiger partial charge is 0.484 e. The SMILES string of the molecule is C=C(CCNC(=O)COc1ccc(Cl)c(F)c1)NC(=O)c1ccc(COC)cc1. The van der Waals surface area contributed by atoms with Crippen molar-refractivity contribution in [2.75, 3.05) is 20.3 Å². The van der Waals surface area contributed by atoms with E-state index in [1.165, 1.54) is 12.1 Å². The number of carbonyl (C=O) groups is 2. The molecule has 2 N–H and O–H groups in total. The number of amides is 2. The van der Waals surface area contributed by atoms with Gasteiger partial charge in [-0.1, -0.05) is 30.3 Å². The van der Waals surface area contributed by atoms with Crippen LogP contribution in [0.15, 0.2) is 54.7 Å². The van der Waals surface area contributed by atoms with Gasteiger partial charge in [-0.15, -0.1) is 0 Å². The Morgan fingerprint density at radius 3 is 2.55 bits per heavy atom. The van der Waals surface area contributed by atoms with Crippen molar-refractivity contribution >= 4 is 23.4 Å². The van der Waals surface area contributed by atoms with E-state index in [-0.39, 0.29) is 35.7 Å². The molecule has 2 aromatic carbocycles. The lowest BCUT2D eigenvalue weighted by Gasteiger charge is -2.11. The molecule has 2 rings (SSSR count). The predicted molar refractivity (Wildman–Crippen MR) is 108 cm³/mol. The molecule has 0 atom stereocenters. The normalized spacial score (nSPS) is 10.3. The molecule has 0 aliphatic rings. The summed E-state index contributed by atoms with van der Waals surface area (Å²) in [5.41, 5.74) is 1.93. The Bertz CT molecular complexity index is 871. The van der Waals surface area contributed by atoms with Gasteiger partial charge in [-0.25, -0.2) is 4.39 Å². The number of nitrogens with one attached hydrogen (secondary N) is 2. The average molecular weight is 421 g/mol. The Balaban J connectivity index is 1.68. The number of rotatable bonds is 10. The molecule has 8 heteroatoms. The minimum Gasteiger partial charge on any atom is -0.484 e. The average Bonchev–Trinajstić information content (AvgIpc) is 2.69. The molecule has 0 unspecified atom stereocenters. The first-order valence-corrected chi connectivity index (χ1v) is 9.18. The maximum absolute atomic E-state index is 13.3. The van der Waals surface area contributed by atoms with Crippen LogP contribution in [0.2, 0.25) is 5.02 Å². The zero-order valence-electron chi connectivity index (χ0n) is 16.0. The molecule has 0 heterocycles. The van der Waals surface area contributed by atoms with Crippen molar-refractivity contribution in [3.8, 4) is 5.75 Å². The fourth-order valence-corrected chi connectivity index (χ4v) is 2.45. The van der Waals surface area contributed by atoms with E-state index in [9.17, 15) is 14.0 Å². The van der Waals surface area contributed by atoms with Gasteiger partial charge in [0.1, 0.15) is 11.6 Å². The summed E-state index contributed by atoms with van der Waals surface area (Å²) in [5.74, 6) is -1.08. The lowest BCUT2D eigenvalue weighted by Crippen LogP contribution is -2.31. The lowest BCUT2D eigenvalue weighted by molar-refractivity contribution is -0.123. The third-order valence-electron chi connectivity index (χ3n) is 3.83. The molecule has 2 aromatic rings. The van der Waals surface area contributed by atoms with Gasteiger partial charge in [0.05, 0.1) is 11.6 Å². The van der Waals surface area contributed by atoms with Crippen LogP contribution in [0, 0.1) is 5.82 Å². The van der Waals surface area contributed by atoms with Crippen molar-refractivity contribution in [3.05, 3.63) is 76.7 Å². The highest BCUT2D eigenvalue weighted by Crippen LogP contribution is 2.20. The molecule has 0 aromatic heterocycles. The van der Waals surface area contributed by atoms with Crippen LogP contribution in [0.1, 0.15) is 22.3 Å². The highest BCUT2D eigenvalue weighted by molar-refractivity contribution is 6.30. The molecule has 2 amide bonds. The molecule has 29 heavy (non-hydrogen) atoms. The van der Waals surface area contributed by atoms with E-state index >= 15 is 0 Å². The smallest absolute Gasteiger partial charge is 0.257 e. The zero-order valence-corrected chi connectivity index (χ0v) is 16.7. The Hall–Kier alpha value is -2.90. The first-order chi connectivity index (χ1) is 13.9. The number of carbonyl (C=O) groups excluding carboxylic acids is 2. The van der Waals surface area contributed by atoms with Crippen molar-refractivity contribution in [2.45, 2.75) is 13.0 Å². The van der Waals surface area contributed by atoms with Gasteiger partial charge in [0, 0.05) is 37.4 Å². The van der Waals surface area contributed by atoms with E-state index in [1.54, 1.807) is 19.2 Å². The number of methoxy groups -OCH3 is 1. The van der Waals surface area contributed by atoms with Gasteiger partial charge in [0.2, 0.25) is 0 Å². The Labute approximate surface area is 173 Å². The van der Waals surface area contributed by atoms with Crippen molar-refractivity contribution in [1.29, 1.82) is 0 Å². The summed E-state index contributed by atoms with van der Waals surface area (Å²) in [6, 6.07) is 11.0. The molecule has 0 spiro atoms. The van der Waals surface area contributed by atoms with Crippen LogP contribution >= 0.6 is 11.6 Å². The molecule has 0 aliphatic carbocycles. The Morgan fingerprint density at radius 2 is 1.90 bits per heavy atom. The second-order valence-corrected chi connectivity index (χ2v) is 6.56. The molecule has 0 radical (unpaired) electrons. The van der Waals surface area contributed by atoms with Crippen molar-refractivity contribution in [2.24, 2.45) is 0 Å². The van der Waals surface area contributed by atoms with Crippen LogP contribution in [-0.2, 0) is 16.1 Å².